The van der Waals surface area contributed by atoms with Crippen molar-refractivity contribution < 1.29 is 9.53 Å². The van der Waals surface area contributed by atoms with Gasteiger partial charge in [-0.15, -0.1) is 0 Å². The molecule has 0 bridgehead atoms. The summed E-state index contributed by atoms with van der Waals surface area (Å²) in [6, 6.07) is 0. The van der Waals surface area contributed by atoms with Crippen LogP contribution in [0, 0.1) is 6.92 Å². The molecule has 1 aromatic rings. The lowest BCUT2D eigenvalue weighted by atomic mass is 10.3. The Morgan fingerprint density at radius 1 is 1.35 bits per heavy atom. The molecule has 1 rings (SSSR count). The lowest BCUT2D eigenvalue weighted by Crippen LogP contribution is -2.32. The van der Waals surface area contributed by atoms with Gasteiger partial charge in [0.15, 0.2) is 0 Å². The van der Waals surface area contributed by atoms with Gasteiger partial charge >= 0.3 is 0 Å². The molecule has 20 heavy (non-hydrogen) atoms. The van der Waals surface area contributed by atoms with Crippen LogP contribution in [0.3, 0.4) is 0 Å². The molecule has 1 heterocycles. The van der Waals surface area contributed by atoms with Crippen molar-refractivity contribution in [3.63, 3.8) is 0 Å². The smallest absolute Gasteiger partial charge is 0.239 e. The van der Waals surface area contributed by atoms with Crippen LogP contribution in [0.25, 0.3) is 0 Å². The predicted molar refractivity (Wildman–Crippen MR) is 77.3 cm³/mol. The number of rotatable bonds is 8. The molecule has 0 saturated heterocycles. The minimum atomic E-state index is -0.125. The maximum atomic E-state index is 11.6. The number of aromatic nitrogens is 2. The van der Waals surface area contributed by atoms with E-state index in [4.69, 9.17) is 10.6 Å². The molecule has 0 saturated carbocycles. The fourth-order valence-electron chi connectivity index (χ4n) is 1.55. The highest BCUT2D eigenvalue weighted by Crippen LogP contribution is 2.18. The summed E-state index contributed by atoms with van der Waals surface area (Å²) < 4.78 is 4.86. The third-order valence-corrected chi connectivity index (χ3v) is 2.69. The maximum absolute atomic E-state index is 11.6. The molecule has 112 valence electrons. The van der Waals surface area contributed by atoms with Crippen molar-refractivity contribution in [1.82, 2.24) is 15.3 Å². The predicted octanol–water partition coefficient (Wildman–Crippen LogP) is -0.192. The van der Waals surface area contributed by atoms with E-state index in [1.54, 1.807) is 7.11 Å². The van der Waals surface area contributed by atoms with Gasteiger partial charge in [-0.1, -0.05) is 6.92 Å². The molecule has 0 aliphatic heterocycles. The van der Waals surface area contributed by atoms with Crippen LogP contribution < -0.4 is 21.9 Å². The van der Waals surface area contributed by atoms with Gasteiger partial charge in [0.05, 0.1) is 13.2 Å². The first-order valence-electron chi connectivity index (χ1n) is 6.46. The van der Waals surface area contributed by atoms with E-state index in [1.807, 2.05) is 13.8 Å². The van der Waals surface area contributed by atoms with Crippen LogP contribution in [0.4, 0.5) is 11.6 Å². The number of hydrogen-bond donors (Lipinski definition) is 4. The Bertz CT molecular complexity index is 452. The van der Waals surface area contributed by atoms with Crippen LogP contribution >= 0.6 is 0 Å². The van der Waals surface area contributed by atoms with Gasteiger partial charge in [0.1, 0.15) is 17.5 Å². The number of anilines is 2. The number of carbonyl (C=O) groups is 1. The number of nitrogens with zero attached hydrogens (tertiary/aromatic N) is 2. The summed E-state index contributed by atoms with van der Waals surface area (Å²) in [5.74, 6) is 7.11. The lowest BCUT2D eigenvalue weighted by molar-refractivity contribution is -0.119. The Balaban J connectivity index is 2.65. The van der Waals surface area contributed by atoms with Crippen LogP contribution in [-0.2, 0) is 16.0 Å². The maximum Gasteiger partial charge on any atom is 0.239 e. The Labute approximate surface area is 118 Å². The summed E-state index contributed by atoms with van der Waals surface area (Å²) in [5.41, 5.74) is 3.30. The van der Waals surface area contributed by atoms with Crippen molar-refractivity contribution in [2.75, 3.05) is 37.5 Å². The topological polar surface area (TPSA) is 114 Å². The summed E-state index contributed by atoms with van der Waals surface area (Å²) in [6.45, 7) is 4.88. The number of carbonyl (C=O) groups excluding carboxylic acids is 1. The first-order chi connectivity index (χ1) is 9.62. The summed E-state index contributed by atoms with van der Waals surface area (Å²) in [5, 5.41) is 5.71. The number of nitrogens with two attached hydrogens (primary N) is 1. The van der Waals surface area contributed by atoms with E-state index in [-0.39, 0.29) is 12.5 Å². The monoisotopic (exact) mass is 282 g/mol. The Morgan fingerprint density at radius 3 is 2.65 bits per heavy atom. The number of ether oxygens (including phenoxy) is 1. The standard InChI is InChI=1S/C12H22N6O2/c1-4-9-16-11(8(2)12(17-9)18-13)15-7-10(19)14-5-6-20-3/h4-7,13H2,1-3H3,(H,14,19)(H2,15,16,17,18). The van der Waals surface area contributed by atoms with Crippen molar-refractivity contribution in [1.29, 1.82) is 0 Å². The number of nitrogens with one attached hydrogen (secondary N) is 3. The zero-order valence-corrected chi connectivity index (χ0v) is 12.1. The van der Waals surface area contributed by atoms with Crippen LogP contribution in [0.5, 0.6) is 0 Å². The van der Waals surface area contributed by atoms with E-state index < -0.39 is 0 Å². The summed E-state index contributed by atoms with van der Waals surface area (Å²) in [4.78, 5) is 20.2. The Kier molecular flexibility index (Phi) is 6.68. The number of amides is 1. The van der Waals surface area contributed by atoms with E-state index in [0.717, 1.165) is 5.56 Å². The van der Waals surface area contributed by atoms with Gasteiger partial charge in [-0.05, 0) is 6.92 Å². The van der Waals surface area contributed by atoms with Gasteiger partial charge in [-0.3, -0.25) is 4.79 Å². The molecule has 0 aromatic carbocycles. The molecular formula is C12H22N6O2. The van der Waals surface area contributed by atoms with Gasteiger partial charge in [0.25, 0.3) is 0 Å². The van der Waals surface area contributed by atoms with Gasteiger partial charge in [0, 0.05) is 25.6 Å². The quantitative estimate of drug-likeness (QED) is 0.297. The third-order valence-electron chi connectivity index (χ3n) is 2.69. The Morgan fingerprint density at radius 2 is 2.05 bits per heavy atom. The van der Waals surface area contributed by atoms with Crippen molar-refractivity contribution in [2.45, 2.75) is 20.3 Å². The van der Waals surface area contributed by atoms with E-state index in [0.29, 0.717) is 37.0 Å². The SMILES string of the molecule is CCc1nc(NN)c(C)c(NCC(=O)NCCOC)n1. The second-order valence-corrected chi connectivity index (χ2v) is 4.16. The second-order valence-electron chi connectivity index (χ2n) is 4.16. The molecule has 0 fully saturated rings. The molecular weight excluding hydrogens is 260 g/mol. The van der Waals surface area contributed by atoms with E-state index >= 15 is 0 Å². The number of hydrogen-bond acceptors (Lipinski definition) is 7. The van der Waals surface area contributed by atoms with Crippen LogP contribution in [-0.4, -0.2) is 42.7 Å². The highest BCUT2D eigenvalue weighted by molar-refractivity contribution is 5.80. The molecule has 8 nitrogen and oxygen atoms in total. The molecule has 0 aliphatic carbocycles. The summed E-state index contributed by atoms with van der Waals surface area (Å²) in [7, 11) is 1.59. The molecule has 5 N–H and O–H groups in total. The van der Waals surface area contributed by atoms with Crippen LogP contribution in [0.1, 0.15) is 18.3 Å². The minimum Gasteiger partial charge on any atom is -0.383 e. The van der Waals surface area contributed by atoms with Gasteiger partial charge < -0.3 is 20.8 Å². The largest absolute Gasteiger partial charge is 0.383 e. The van der Waals surface area contributed by atoms with Gasteiger partial charge in [-0.2, -0.15) is 0 Å². The van der Waals surface area contributed by atoms with Crippen molar-refractivity contribution in [2.24, 2.45) is 5.84 Å². The highest BCUT2D eigenvalue weighted by Gasteiger charge is 2.10. The molecule has 0 spiro atoms. The average molecular weight is 282 g/mol. The molecule has 1 aromatic heterocycles. The normalized spacial score (nSPS) is 10.2. The highest BCUT2D eigenvalue weighted by atomic mass is 16.5. The zero-order chi connectivity index (χ0) is 15.0. The molecule has 0 aliphatic rings. The Hall–Kier alpha value is -1.93. The summed E-state index contributed by atoms with van der Waals surface area (Å²) >= 11 is 0. The van der Waals surface area contributed by atoms with Crippen molar-refractivity contribution in [3.05, 3.63) is 11.4 Å². The molecule has 1 amide bonds. The fourth-order valence-corrected chi connectivity index (χ4v) is 1.55. The van der Waals surface area contributed by atoms with Crippen LogP contribution in [0.15, 0.2) is 0 Å². The molecule has 0 unspecified atom stereocenters. The first-order valence-corrected chi connectivity index (χ1v) is 6.46. The van der Waals surface area contributed by atoms with E-state index in [1.165, 1.54) is 0 Å². The third kappa shape index (κ3) is 4.63. The van der Waals surface area contributed by atoms with Crippen molar-refractivity contribution in [3.8, 4) is 0 Å². The number of methoxy groups -OCH3 is 1. The number of nitrogen functional groups attached to an aromatic ring is 1. The van der Waals surface area contributed by atoms with E-state index in [9.17, 15) is 4.79 Å². The molecule has 0 radical (unpaired) electrons. The number of hydrazine groups is 1. The minimum absolute atomic E-state index is 0.125. The lowest BCUT2D eigenvalue weighted by Gasteiger charge is -2.13. The molecule has 0 atom stereocenters. The molecule has 8 heteroatoms. The van der Waals surface area contributed by atoms with Gasteiger partial charge in [-0.25, -0.2) is 15.8 Å². The van der Waals surface area contributed by atoms with Crippen LogP contribution in [0.2, 0.25) is 0 Å². The van der Waals surface area contributed by atoms with E-state index in [2.05, 4.69) is 26.0 Å². The summed E-state index contributed by atoms with van der Waals surface area (Å²) in [6.07, 6.45) is 0.684. The fraction of sp³-hybridized carbons (Fsp3) is 0.583. The average Bonchev–Trinajstić information content (AvgIpc) is 2.46. The second kappa shape index (κ2) is 8.28. The number of aryl methyl sites for hydroxylation is 1. The zero-order valence-electron chi connectivity index (χ0n) is 12.1. The first kappa shape index (κ1) is 16.1. The van der Waals surface area contributed by atoms with Gasteiger partial charge in [0.2, 0.25) is 5.91 Å². The van der Waals surface area contributed by atoms with Crippen molar-refractivity contribution >= 4 is 17.5 Å².